The maximum Gasteiger partial charge on any atom is 0.311 e. The highest BCUT2D eigenvalue weighted by Gasteiger charge is 2.15. The zero-order valence-corrected chi connectivity index (χ0v) is 11.6. The summed E-state index contributed by atoms with van der Waals surface area (Å²) in [6.45, 7) is 0.669. The molecule has 0 aromatic carbocycles. The molecule has 2 heterocycles. The zero-order chi connectivity index (χ0) is 14.1. The van der Waals surface area contributed by atoms with Gasteiger partial charge in [0.1, 0.15) is 5.82 Å². The van der Waals surface area contributed by atoms with Gasteiger partial charge in [-0.2, -0.15) is 0 Å². The lowest BCUT2D eigenvalue weighted by Crippen LogP contribution is -2.04. The lowest BCUT2D eigenvalue weighted by atomic mass is 10.2. The van der Waals surface area contributed by atoms with Crippen molar-refractivity contribution < 1.29 is 4.92 Å². The van der Waals surface area contributed by atoms with Crippen molar-refractivity contribution in [3.05, 3.63) is 43.6 Å². The molecule has 0 unspecified atom stereocenters. The number of hydrogen-bond donors (Lipinski definition) is 2. The molecule has 3 N–H and O–H groups in total. The molecule has 2 aromatic rings. The summed E-state index contributed by atoms with van der Waals surface area (Å²) in [5.41, 5.74) is 6.86. The highest BCUT2D eigenvalue weighted by atomic mass is 32.1. The normalized spacial score (nSPS) is 13.2. The van der Waals surface area contributed by atoms with E-state index in [1.807, 2.05) is 11.3 Å². The van der Waals surface area contributed by atoms with Gasteiger partial charge >= 0.3 is 5.69 Å². The molecular weight excluding hydrogens is 276 g/mol. The average molecular weight is 290 g/mol. The quantitative estimate of drug-likeness (QED) is 0.667. The number of rotatable bonds is 4. The molecule has 0 saturated heterocycles. The Bertz CT molecular complexity index is 647. The number of anilines is 2. The van der Waals surface area contributed by atoms with Gasteiger partial charge in [-0.15, -0.1) is 11.3 Å². The van der Waals surface area contributed by atoms with Crippen LogP contribution in [0.2, 0.25) is 0 Å². The molecule has 0 bridgehead atoms. The molecule has 20 heavy (non-hydrogen) atoms. The average Bonchev–Trinajstić information content (AvgIpc) is 2.96. The van der Waals surface area contributed by atoms with Gasteiger partial charge in [0.25, 0.3) is 0 Å². The van der Waals surface area contributed by atoms with Gasteiger partial charge in [0.15, 0.2) is 0 Å². The molecule has 2 aromatic heterocycles. The van der Waals surface area contributed by atoms with E-state index in [4.69, 9.17) is 5.73 Å². The second-order valence-corrected chi connectivity index (χ2v) is 5.95. The lowest BCUT2D eigenvalue weighted by molar-refractivity contribution is -0.384. The molecule has 7 heteroatoms. The van der Waals surface area contributed by atoms with E-state index in [-0.39, 0.29) is 11.5 Å². The van der Waals surface area contributed by atoms with Crippen molar-refractivity contribution in [1.29, 1.82) is 0 Å². The van der Waals surface area contributed by atoms with Gasteiger partial charge in [0.2, 0.25) is 5.82 Å². The second-order valence-electron chi connectivity index (χ2n) is 4.73. The van der Waals surface area contributed by atoms with E-state index in [0.717, 1.165) is 0 Å². The number of nitrogens with one attached hydrogen (secondary N) is 1. The van der Waals surface area contributed by atoms with Crippen LogP contribution in [0.4, 0.5) is 17.3 Å². The van der Waals surface area contributed by atoms with Crippen molar-refractivity contribution in [2.45, 2.75) is 25.8 Å². The minimum atomic E-state index is -0.532. The smallest absolute Gasteiger partial charge is 0.311 e. The number of nitro groups is 1. The topological polar surface area (TPSA) is 94.1 Å². The Kier molecular flexibility index (Phi) is 3.27. The van der Waals surface area contributed by atoms with Crippen LogP contribution in [0.3, 0.4) is 0 Å². The summed E-state index contributed by atoms with van der Waals surface area (Å²) in [4.78, 5) is 16.9. The van der Waals surface area contributed by atoms with Crippen LogP contribution in [-0.2, 0) is 19.4 Å². The Morgan fingerprint density at radius 2 is 2.30 bits per heavy atom. The van der Waals surface area contributed by atoms with E-state index in [1.54, 1.807) is 6.07 Å². The van der Waals surface area contributed by atoms with E-state index in [9.17, 15) is 10.1 Å². The van der Waals surface area contributed by atoms with Gasteiger partial charge < -0.3 is 11.1 Å². The molecular formula is C13H14N4O2S. The van der Waals surface area contributed by atoms with Crippen LogP contribution >= 0.6 is 11.3 Å². The van der Waals surface area contributed by atoms with E-state index in [1.165, 1.54) is 40.6 Å². The third kappa shape index (κ3) is 2.44. The number of fused-ring (bicyclic) bond motifs is 1. The standard InChI is InChI=1S/C13H14N4O2S/c14-13-10(17(18)19)4-5-12(16-13)15-7-9-6-8-2-1-3-11(8)20-9/h4-6H,1-3,7H2,(H3,14,15,16). The van der Waals surface area contributed by atoms with Gasteiger partial charge in [0, 0.05) is 15.8 Å². The van der Waals surface area contributed by atoms with Gasteiger partial charge in [-0.05, 0) is 37.0 Å². The highest BCUT2D eigenvalue weighted by Crippen LogP contribution is 2.31. The van der Waals surface area contributed by atoms with Crippen molar-refractivity contribution in [3.8, 4) is 0 Å². The SMILES string of the molecule is Nc1nc(NCc2cc3c(s2)CCC3)ccc1[N+](=O)[O-]. The van der Waals surface area contributed by atoms with Crippen LogP contribution in [0.1, 0.15) is 21.7 Å². The molecule has 1 aliphatic carbocycles. The number of hydrogen-bond acceptors (Lipinski definition) is 6. The zero-order valence-electron chi connectivity index (χ0n) is 10.8. The molecule has 0 saturated carbocycles. The van der Waals surface area contributed by atoms with Gasteiger partial charge in [-0.1, -0.05) is 0 Å². The first kappa shape index (κ1) is 12.9. The Morgan fingerprint density at radius 3 is 3.00 bits per heavy atom. The van der Waals surface area contributed by atoms with Gasteiger partial charge in [-0.3, -0.25) is 10.1 Å². The number of aromatic nitrogens is 1. The van der Waals surface area contributed by atoms with E-state index in [2.05, 4.69) is 16.4 Å². The molecule has 0 fully saturated rings. The molecule has 104 valence electrons. The number of nitrogens with two attached hydrogens (primary N) is 1. The number of aryl methyl sites for hydroxylation is 2. The summed E-state index contributed by atoms with van der Waals surface area (Å²) in [7, 11) is 0. The fourth-order valence-electron chi connectivity index (χ4n) is 2.38. The first-order valence-corrected chi connectivity index (χ1v) is 7.20. The number of nitrogen functional groups attached to an aromatic ring is 1. The van der Waals surface area contributed by atoms with E-state index >= 15 is 0 Å². The Labute approximate surface area is 119 Å². The lowest BCUT2D eigenvalue weighted by Gasteiger charge is -2.05. The predicted molar refractivity (Wildman–Crippen MR) is 79.0 cm³/mol. The molecule has 1 aliphatic rings. The maximum atomic E-state index is 10.7. The third-order valence-electron chi connectivity index (χ3n) is 3.34. The van der Waals surface area contributed by atoms with Crippen LogP contribution in [-0.4, -0.2) is 9.91 Å². The Morgan fingerprint density at radius 1 is 1.45 bits per heavy atom. The van der Waals surface area contributed by atoms with Crippen LogP contribution in [0.15, 0.2) is 18.2 Å². The van der Waals surface area contributed by atoms with Crippen molar-refractivity contribution in [2.24, 2.45) is 0 Å². The van der Waals surface area contributed by atoms with E-state index < -0.39 is 4.92 Å². The Hall–Kier alpha value is -2.15. The maximum absolute atomic E-state index is 10.7. The van der Waals surface area contributed by atoms with Gasteiger partial charge in [-0.25, -0.2) is 4.98 Å². The van der Waals surface area contributed by atoms with Crippen molar-refractivity contribution >= 4 is 28.7 Å². The van der Waals surface area contributed by atoms with Crippen LogP contribution in [0.25, 0.3) is 0 Å². The number of pyridine rings is 1. The summed E-state index contributed by atoms with van der Waals surface area (Å²) in [6.07, 6.45) is 3.62. The minimum Gasteiger partial charge on any atom is -0.378 e. The number of nitrogens with zero attached hydrogens (tertiary/aromatic N) is 2. The summed E-state index contributed by atoms with van der Waals surface area (Å²) < 4.78 is 0. The molecule has 3 rings (SSSR count). The van der Waals surface area contributed by atoms with Crippen LogP contribution < -0.4 is 11.1 Å². The molecule has 0 atom stereocenters. The van der Waals surface area contributed by atoms with Crippen LogP contribution in [0, 0.1) is 10.1 Å². The summed E-state index contributed by atoms with van der Waals surface area (Å²) in [5, 5.41) is 13.8. The highest BCUT2D eigenvalue weighted by molar-refractivity contribution is 7.12. The van der Waals surface area contributed by atoms with Crippen LogP contribution in [0.5, 0.6) is 0 Å². The first-order chi connectivity index (χ1) is 9.63. The monoisotopic (exact) mass is 290 g/mol. The molecule has 0 aliphatic heterocycles. The summed E-state index contributed by atoms with van der Waals surface area (Å²) in [5.74, 6) is 0.496. The predicted octanol–water partition coefficient (Wildman–Crippen LogP) is 2.73. The largest absolute Gasteiger partial charge is 0.378 e. The van der Waals surface area contributed by atoms with Crippen molar-refractivity contribution in [1.82, 2.24) is 4.98 Å². The summed E-state index contributed by atoms with van der Waals surface area (Å²) >= 11 is 1.82. The molecule has 6 nitrogen and oxygen atoms in total. The second kappa shape index (κ2) is 5.09. The summed E-state index contributed by atoms with van der Waals surface area (Å²) in [6, 6.07) is 5.18. The fourth-order valence-corrected chi connectivity index (χ4v) is 3.58. The number of thiophene rings is 1. The molecule has 0 spiro atoms. The van der Waals surface area contributed by atoms with Crippen molar-refractivity contribution in [2.75, 3.05) is 11.1 Å². The Balaban J connectivity index is 1.68. The van der Waals surface area contributed by atoms with E-state index in [0.29, 0.717) is 12.4 Å². The third-order valence-corrected chi connectivity index (χ3v) is 4.58. The first-order valence-electron chi connectivity index (χ1n) is 6.39. The molecule has 0 radical (unpaired) electrons. The minimum absolute atomic E-state index is 0.0614. The van der Waals surface area contributed by atoms with Crippen molar-refractivity contribution in [3.63, 3.8) is 0 Å². The fraction of sp³-hybridized carbons (Fsp3) is 0.308. The van der Waals surface area contributed by atoms with Gasteiger partial charge in [0.05, 0.1) is 11.5 Å². The molecule has 0 amide bonds.